The van der Waals surface area contributed by atoms with Gasteiger partial charge in [-0.05, 0) is 63.9 Å². The maximum absolute atomic E-state index is 12.9. The van der Waals surface area contributed by atoms with E-state index in [1.807, 2.05) is 13.8 Å². The Balaban J connectivity index is 1.50. The van der Waals surface area contributed by atoms with Gasteiger partial charge >= 0.3 is 0 Å². The number of rotatable bonds is 12. The van der Waals surface area contributed by atoms with Crippen LogP contribution < -0.4 is 16.4 Å². The predicted molar refractivity (Wildman–Crippen MR) is 134 cm³/mol. The second-order valence-corrected chi connectivity index (χ2v) is 10.2. The number of nitrogens with two attached hydrogens (primary N) is 1. The lowest BCUT2D eigenvalue weighted by atomic mass is 10.1. The van der Waals surface area contributed by atoms with Crippen LogP contribution >= 0.6 is 11.8 Å². The first-order valence-corrected chi connectivity index (χ1v) is 12.9. The lowest BCUT2D eigenvalue weighted by molar-refractivity contribution is -0.131. The van der Waals surface area contributed by atoms with Crippen LogP contribution in [0.4, 0.5) is 5.69 Å². The normalized spacial score (nSPS) is 23.0. The highest BCUT2D eigenvalue weighted by Gasteiger charge is 2.44. The minimum absolute atomic E-state index is 0.0235. The summed E-state index contributed by atoms with van der Waals surface area (Å²) in [6.45, 7) is 8.78. The van der Waals surface area contributed by atoms with E-state index in [4.69, 9.17) is 10.5 Å². The molecule has 3 rings (SSSR count). The van der Waals surface area contributed by atoms with Gasteiger partial charge in [-0.3, -0.25) is 9.59 Å². The van der Waals surface area contributed by atoms with Crippen molar-refractivity contribution in [3.63, 3.8) is 0 Å². The maximum atomic E-state index is 12.9. The van der Waals surface area contributed by atoms with E-state index in [1.54, 1.807) is 12.0 Å². The number of carbonyl (C=O) groups excluding carboxylic acids is 2. The molecule has 2 fully saturated rings. The average Bonchev–Trinajstić information content (AvgIpc) is 3.44. The zero-order valence-corrected chi connectivity index (χ0v) is 20.9. The zero-order valence-electron chi connectivity index (χ0n) is 20.1. The molecular formula is C24H39N5O3S. The number of likely N-dealkylation sites (tertiary alicyclic amines) is 1. The summed E-state index contributed by atoms with van der Waals surface area (Å²) in [6.07, 6.45) is 3.70. The second-order valence-electron chi connectivity index (χ2n) is 8.91. The molecule has 4 N–H and O–H groups in total. The first-order chi connectivity index (χ1) is 15.9. The molecule has 0 saturated carbocycles. The first-order valence-electron chi connectivity index (χ1n) is 12.0. The number of amides is 2. The lowest BCUT2D eigenvalue weighted by Gasteiger charge is -2.27. The van der Waals surface area contributed by atoms with E-state index in [1.165, 1.54) is 43.3 Å². The third kappa shape index (κ3) is 7.09. The average molecular weight is 478 g/mol. The van der Waals surface area contributed by atoms with Gasteiger partial charge in [-0.15, -0.1) is 11.8 Å². The van der Waals surface area contributed by atoms with E-state index in [2.05, 4.69) is 39.8 Å². The predicted octanol–water partition coefficient (Wildman–Crippen LogP) is 1.51. The Labute approximate surface area is 202 Å². The molecule has 0 aliphatic carbocycles. The Morgan fingerprint density at radius 1 is 1.27 bits per heavy atom. The number of hydrogen-bond donors (Lipinski definition) is 3. The van der Waals surface area contributed by atoms with Crippen molar-refractivity contribution in [3.8, 4) is 0 Å². The van der Waals surface area contributed by atoms with E-state index in [0.717, 1.165) is 18.7 Å². The highest BCUT2D eigenvalue weighted by atomic mass is 32.2. The molecule has 33 heavy (non-hydrogen) atoms. The third-order valence-corrected chi connectivity index (χ3v) is 7.81. The van der Waals surface area contributed by atoms with Gasteiger partial charge in [0.25, 0.3) is 0 Å². The van der Waals surface area contributed by atoms with Gasteiger partial charge in [0.15, 0.2) is 0 Å². The second kappa shape index (κ2) is 12.6. The van der Waals surface area contributed by atoms with Gasteiger partial charge < -0.3 is 30.9 Å². The molecule has 1 aromatic carbocycles. The van der Waals surface area contributed by atoms with Crippen LogP contribution in [0, 0.1) is 0 Å². The van der Waals surface area contributed by atoms with Crippen molar-refractivity contribution in [1.82, 2.24) is 15.1 Å². The molecule has 9 heteroatoms. The standard InChI is InChI=1S/C24H39N5O3S/c1-4-29-23(31)20(33-24(29)21(25)22(30)27-17(2)16-32-3)15-26-19-9-7-18(8-10-19)11-14-28-12-5-6-13-28/h7-10,17,20-21,24,26H,4-6,11-16,25H2,1-3H3,(H,27,30)/t17?,20-,21-,24?/m1/s1. The monoisotopic (exact) mass is 477 g/mol. The Morgan fingerprint density at radius 2 is 1.97 bits per heavy atom. The molecule has 2 aliphatic rings. The molecule has 2 unspecified atom stereocenters. The van der Waals surface area contributed by atoms with Crippen LogP contribution in [-0.4, -0.2) is 90.8 Å². The number of nitrogens with one attached hydrogen (secondary N) is 2. The highest BCUT2D eigenvalue weighted by Crippen LogP contribution is 2.33. The topological polar surface area (TPSA) is 99.9 Å². The fraction of sp³-hybridized carbons (Fsp3) is 0.667. The fourth-order valence-corrected chi connectivity index (χ4v) is 5.87. The number of hydrogen-bond acceptors (Lipinski definition) is 7. The number of ether oxygens (including phenoxy) is 1. The minimum Gasteiger partial charge on any atom is -0.383 e. The summed E-state index contributed by atoms with van der Waals surface area (Å²) < 4.78 is 5.07. The first kappa shape index (κ1) is 25.8. The van der Waals surface area contributed by atoms with Crippen LogP contribution in [0.2, 0.25) is 0 Å². The van der Waals surface area contributed by atoms with E-state index >= 15 is 0 Å². The van der Waals surface area contributed by atoms with Crippen molar-refractivity contribution in [1.29, 1.82) is 0 Å². The summed E-state index contributed by atoms with van der Waals surface area (Å²) in [5.74, 6) is -0.239. The van der Waals surface area contributed by atoms with E-state index in [9.17, 15) is 9.59 Å². The smallest absolute Gasteiger partial charge is 0.240 e. The van der Waals surface area contributed by atoms with Gasteiger partial charge in [-0.25, -0.2) is 0 Å². The van der Waals surface area contributed by atoms with Gasteiger partial charge in [0, 0.05) is 38.5 Å². The van der Waals surface area contributed by atoms with Gasteiger partial charge in [0.1, 0.15) is 16.7 Å². The number of likely N-dealkylation sites (N-methyl/N-ethyl adjacent to an activating group) is 1. The third-order valence-electron chi connectivity index (χ3n) is 6.29. The number of nitrogens with zero attached hydrogens (tertiary/aromatic N) is 2. The maximum Gasteiger partial charge on any atom is 0.240 e. The molecule has 2 amide bonds. The summed E-state index contributed by atoms with van der Waals surface area (Å²) in [4.78, 5) is 29.7. The number of methoxy groups -OCH3 is 1. The number of thioether (sulfide) groups is 1. The lowest BCUT2D eigenvalue weighted by Crippen LogP contribution is -2.54. The molecule has 0 spiro atoms. The SMILES string of the molecule is CCN1C(=O)[C@@H](CNc2ccc(CCN3CCCC3)cc2)SC1[C@H](N)C(=O)NC(C)COC. The van der Waals surface area contributed by atoms with Crippen molar-refractivity contribution in [3.05, 3.63) is 29.8 Å². The molecule has 184 valence electrons. The molecule has 0 radical (unpaired) electrons. The molecular weight excluding hydrogens is 438 g/mol. The Bertz CT molecular complexity index is 772. The fourth-order valence-electron chi connectivity index (χ4n) is 4.41. The number of benzene rings is 1. The summed E-state index contributed by atoms with van der Waals surface area (Å²) in [5, 5.41) is 5.60. The number of carbonyl (C=O) groups is 2. The summed E-state index contributed by atoms with van der Waals surface area (Å²) in [6, 6.07) is 7.54. The molecule has 2 heterocycles. The van der Waals surface area contributed by atoms with Crippen molar-refractivity contribution in [2.45, 2.75) is 55.8 Å². The van der Waals surface area contributed by atoms with Gasteiger partial charge in [-0.1, -0.05) is 12.1 Å². The summed E-state index contributed by atoms with van der Waals surface area (Å²) >= 11 is 1.46. The van der Waals surface area contributed by atoms with Crippen molar-refractivity contribution in [2.24, 2.45) is 5.73 Å². The van der Waals surface area contributed by atoms with E-state index in [-0.39, 0.29) is 28.5 Å². The van der Waals surface area contributed by atoms with Crippen LogP contribution in [0.15, 0.2) is 24.3 Å². The molecule has 0 bridgehead atoms. The Kier molecular flexibility index (Phi) is 9.85. The largest absolute Gasteiger partial charge is 0.383 e. The minimum atomic E-state index is -0.793. The van der Waals surface area contributed by atoms with E-state index in [0.29, 0.717) is 19.7 Å². The van der Waals surface area contributed by atoms with Crippen LogP contribution in [0.3, 0.4) is 0 Å². The molecule has 0 aromatic heterocycles. The van der Waals surface area contributed by atoms with Gasteiger partial charge in [0.2, 0.25) is 11.8 Å². The molecule has 2 saturated heterocycles. The van der Waals surface area contributed by atoms with E-state index < -0.39 is 6.04 Å². The van der Waals surface area contributed by atoms with Gasteiger partial charge in [-0.2, -0.15) is 0 Å². The van der Waals surface area contributed by atoms with Crippen LogP contribution in [0.25, 0.3) is 0 Å². The summed E-state index contributed by atoms with van der Waals surface area (Å²) in [7, 11) is 1.59. The van der Waals surface area contributed by atoms with Crippen LogP contribution in [0.5, 0.6) is 0 Å². The summed E-state index contributed by atoms with van der Waals surface area (Å²) in [5.41, 5.74) is 8.59. The molecule has 4 atom stereocenters. The zero-order chi connectivity index (χ0) is 23.8. The quantitative estimate of drug-likeness (QED) is 0.420. The van der Waals surface area contributed by atoms with Crippen molar-refractivity contribution in [2.75, 3.05) is 51.8 Å². The molecule has 1 aromatic rings. The van der Waals surface area contributed by atoms with Crippen LogP contribution in [-0.2, 0) is 20.7 Å². The highest BCUT2D eigenvalue weighted by molar-refractivity contribution is 8.01. The van der Waals surface area contributed by atoms with Crippen molar-refractivity contribution < 1.29 is 14.3 Å². The Hall–Kier alpha value is -1.81. The number of anilines is 1. The molecule has 8 nitrogen and oxygen atoms in total. The molecule has 2 aliphatic heterocycles. The van der Waals surface area contributed by atoms with Gasteiger partial charge in [0.05, 0.1) is 6.61 Å². The van der Waals surface area contributed by atoms with Crippen molar-refractivity contribution >= 4 is 29.3 Å². The Morgan fingerprint density at radius 3 is 2.61 bits per heavy atom. The van der Waals surface area contributed by atoms with Crippen LogP contribution in [0.1, 0.15) is 32.3 Å².